The lowest BCUT2D eigenvalue weighted by atomic mass is 10.1. The van der Waals surface area contributed by atoms with Crippen LogP contribution in [0, 0.1) is 6.92 Å². The summed E-state index contributed by atoms with van der Waals surface area (Å²) < 4.78 is 21.7. The first kappa shape index (κ1) is 26.7. The molecule has 2 aromatic carbocycles. The van der Waals surface area contributed by atoms with Gasteiger partial charge in [-0.3, -0.25) is 0 Å². The van der Waals surface area contributed by atoms with Gasteiger partial charge >= 0.3 is 0 Å². The van der Waals surface area contributed by atoms with Crippen molar-refractivity contribution in [3.63, 3.8) is 0 Å². The Bertz CT molecular complexity index is 834. The maximum absolute atomic E-state index is 5.47. The van der Waals surface area contributed by atoms with Crippen molar-refractivity contribution in [1.82, 2.24) is 10.6 Å². The third kappa shape index (κ3) is 7.68. The summed E-state index contributed by atoms with van der Waals surface area (Å²) in [5.74, 6) is 3.46. The number of guanidine groups is 1. The Morgan fingerprint density at radius 3 is 2.06 bits per heavy atom. The summed E-state index contributed by atoms with van der Waals surface area (Å²) in [6.45, 7) is 6.11. The molecule has 0 saturated heterocycles. The van der Waals surface area contributed by atoms with Crippen molar-refractivity contribution in [2.45, 2.75) is 26.8 Å². The molecule has 0 aliphatic heterocycles. The number of ether oxygens (including phenoxy) is 4. The average Bonchev–Trinajstić information content (AvgIpc) is 2.76. The lowest BCUT2D eigenvalue weighted by Gasteiger charge is -2.15. The van der Waals surface area contributed by atoms with Crippen molar-refractivity contribution in [3.8, 4) is 23.0 Å². The molecule has 0 saturated carbocycles. The molecule has 0 atom stereocenters. The standard InChI is InChI=1S/C23H33N3O4.HI/c1-7-24-23(25-11-10-18-12-16(2)8-9-19(18)27-3)26-15-17-13-20(28-4)22(30-6)21(14-17)29-5;/h8-9,12-14H,7,10-11,15H2,1-6H3,(H2,24,25,26);1H. The highest BCUT2D eigenvalue weighted by atomic mass is 127. The molecule has 8 heteroatoms. The van der Waals surface area contributed by atoms with Crippen LogP contribution in [0.5, 0.6) is 23.0 Å². The van der Waals surface area contributed by atoms with Crippen LogP contribution < -0.4 is 29.6 Å². The molecule has 2 rings (SSSR count). The van der Waals surface area contributed by atoms with E-state index in [1.165, 1.54) is 11.1 Å². The molecule has 31 heavy (non-hydrogen) atoms. The number of hydrogen-bond donors (Lipinski definition) is 2. The average molecular weight is 543 g/mol. The summed E-state index contributed by atoms with van der Waals surface area (Å²) in [5, 5.41) is 6.67. The van der Waals surface area contributed by atoms with Crippen LogP contribution in [0.25, 0.3) is 0 Å². The van der Waals surface area contributed by atoms with Gasteiger partial charge in [-0.05, 0) is 49.6 Å². The van der Waals surface area contributed by atoms with Crippen LogP contribution in [0.15, 0.2) is 35.3 Å². The third-order valence-corrected chi connectivity index (χ3v) is 4.61. The molecular formula is C23H34IN3O4. The summed E-state index contributed by atoms with van der Waals surface area (Å²) in [6, 6.07) is 10.0. The highest BCUT2D eigenvalue weighted by Gasteiger charge is 2.13. The first-order valence-electron chi connectivity index (χ1n) is 10.0. The van der Waals surface area contributed by atoms with Gasteiger partial charge in [0.2, 0.25) is 5.75 Å². The maximum atomic E-state index is 5.47. The van der Waals surface area contributed by atoms with Gasteiger partial charge in [0, 0.05) is 13.1 Å². The smallest absolute Gasteiger partial charge is 0.203 e. The molecule has 2 aromatic rings. The number of aryl methyl sites for hydroxylation is 1. The first-order valence-corrected chi connectivity index (χ1v) is 10.0. The highest BCUT2D eigenvalue weighted by molar-refractivity contribution is 14.0. The molecule has 0 aromatic heterocycles. The quantitative estimate of drug-likeness (QED) is 0.269. The van der Waals surface area contributed by atoms with Crippen LogP contribution in [0.1, 0.15) is 23.6 Å². The maximum Gasteiger partial charge on any atom is 0.203 e. The Labute approximate surface area is 202 Å². The van der Waals surface area contributed by atoms with Crippen molar-refractivity contribution in [3.05, 3.63) is 47.0 Å². The van der Waals surface area contributed by atoms with E-state index in [1.807, 2.05) is 25.1 Å². The van der Waals surface area contributed by atoms with Crippen molar-refractivity contribution < 1.29 is 18.9 Å². The molecule has 0 fully saturated rings. The highest BCUT2D eigenvalue weighted by Crippen LogP contribution is 2.38. The molecule has 0 aliphatic rings. The van der Waals surface area contributed by atoms with E-state index in [9.17, 15) is 0 Å². The minimum atomic E-state index is 0. The molecule has 0 bridgehead atoms. The van der Waals surface area contributed by atoms with Crippen LogP contribution >= 0.6 is 24.0 Å². The van der Waals surface area contributed by atoms with Crippen LogP contribution in [0.2, 0.25) is 0 Å². The number of aliphatic imine (C=N–C) groups is 1. The Morgan fingerprint density at radius 1 is 0.871 bits per heavy atom. The molecule has 7 nitrogen and oxygen atoms in total. The Balaban J connectivity index is 0.00000480. The van der Waals surface area contributed by atoms with Gasteiger partial charge < -0.3 is 29.6 Å². The second kappa shape index (κ2) is 13.8. The fourth-order valence-corrected chi connectivity index (χ4v) is 3.16. The molecule has 0 radical (unpaired) electrons. The predicted molar refractivity (Wildman–Crippen MR) is 136 cm³/mol. The summed E-state index contributed by atoms with van der Waals surface area (Å²) >= 11 is 0. The van der Waals surface area contributed by atoms with Crippen LogP contribution in [0.4, 0.5) is 0 Å². The van der Waals surface area contributed by atoms with Crippen molar-refractivity contribution in [1.29, 1.82) is 0 Å². The van der Waals surface area contributed by atoms with E-state index in [-0.39, 0.29) is 24.0 Å². The number of nitrogens with one attached hydrogen (secondary N) is 2. The fraction of sp³-hybridized carbons (Fsp3) is 0.435. The normalized spacial score (nSPS) is 10.7. The van der Waals surface area contributed by atoms with Gasteiger partial charge in [-0.1, -0.05) is 17.7 Å². The summed E-state index contributed by atoms with van der Waals surface area (Å²) in [5.41, 5.74) is 3.35. The minimum Gasteiger partial charge on any atom is -0.496 e. The number of benzene rings is 2. The van der Waals surface area contributed by atoms with Gasteiger partial charge in [0.25, 0.3) is 0 Å². The molecule has 0 heterocycles. The van der Waals surface area contributed by atoms with Crippen LogP contribution in [-0.4, -0.2) is 47.5 Å². The van der Waals surface area contributed by atoms with Gasteiger partial charge in [0.15, 0.2) is 17.5 Å². The number of hydrogen-bond acceptors (Lipinski definition) is 5. The molecule has 0 aliphatic carbocycles. The van der Waals surface area contributed by atoms with Gasteiger partial charge in [-0.15, -0.1) is 24.0 Å². The molecule has 0 spiro atoms. The summed E-state index contributed by atoms with van der Waals surface area (Å²) in [4.78, 5) is 4.69. The number of halogens is 1. The van der Waals surface area contributed by atoms with Crippen LogP contribution in [-0.2, 0) is 13.0 Å². The van der Waals surface area contributed by atoms with E-state index in [2.05, 4.69) is 29.7 Å². The molecule has 2 N–H and O–H groups in total. The van der Waals surface area contributed by atoms with Gasteiger partial charge in [-0.25, -0.2) is 4.99 Å². The second-order valence-corrected chi connectivity index (χ2v) is 6.72. The predicted octanol–water partition coefficient (Wildman–Crippen LogP) is 3.95. The van der Waals surface area contributed by atoms with Crippen molar-refractivity contribution >= 4 is 29.9 Å². The van der Waals surface area contributed by atoms with E-state index in [0.29, 0.717) is 23.8 Å². The second-order valence-electron chi connectivity index (χ2n) is 6.72. The van der Waals surface area contributed by atoms with Crippen molar-refractivity contribution in [2.75, 3.05) is 41.5 Å². The zero-order valence-electron chi connectivity index (χ0n) is 19.2. The molecular weight excluding hydrogens is 509 g/mol. The lowest BCUT2D eigenvalue weighted by molar-refractivity contribution is 0.324. The van der Waals surface area contributed by atoms with E-state index in [4.69, 9.17) is 23.9 Å². The zero-order chi connectivity index (χ0) is 21.9. The molecule has 0 amide bonds. The van der Waals surface area contributed by atoms with E-state index in [1.54, 1.807) is 28.4 Å². The van der Waals surface area contributed by atoms with E-state index >= 15 is 0 Å². The number of methoxy groups -OCH3 is 4. The topological polar surface area (TPSA) is 73.3 Å². The fourth-order valence-electron chi connectivity index (χ4n) is 3.16. The molecule has 0 unspecified atom stereocenters. The Morgan fingerprint density at radius 2 is 1.52 bits per heavy atom. The number of nitrogens with zero attached hydrogens (tertiary/aromatic N) is 1. The monoisotopic (exact) mass is 543 g/mol. The third-order valence-electron chi connectivity index (χ3n) is 4.61. The van der Waals surface area contributed by atoms with Crippen molar-refractivity contribution in [2.24, 2.45) is 4.99 Å². The summed E-state index contributed by atoms with van der Waals surface area (Å²) in [6.07, 6.45) is 0.833. The minimum absolute atomic E-state index is 0. The Kier molecular flexibility index (Phi) is 11.9. The Hall–Kier alpha value is -2.36. The first-order chi connectivity index (χ1) is 14.6. The zero-order valence-corrected chi connectivity index (χ0v) is 21.5. The largest absolute Gasteiger partial charge is 0.496 e. The lowest BCUT2D eigenvalue weighted by Crippen LogP contribution is -2.38. The molecule has 172 valence electrons. The van der Waals surface area contributed by atoms with E-state index in [0.717, 1.165) is 36.8 Å². The van der Waals surface area contributed by atoms with Gasteiger partial charge in [0.05, 0.1) is 35.0 Å². The number of rotatable bonds is 10. The SMILES string of the molecule is CCNC(=NCc1cc(OC)c(OC)c(OC)c1)NCCc1cc(C)ccc1OC.I. The van der Waals surface area contributed by atoms with Crippen LogP contribution in [0.3, 0.4) is 0 Å². The van der Waals surface area contributed by atoms with Gasteiger partial charge in [-0.2, -0.15) is 0 Å². The van der Waals surface area contributed by atoms with Gasteiger partial charge in [0.1, 0.15) is 5.75 Å². The van der Waals surface area contributed by atoms with E-state index < -0.39 is 0 Å². The summed E-state index contributed by atoms with van der Waals surface area (Å²) in [7, 11) is 6.50.